The van der Waals surface area contributed by atoms with Gasteiger partial charge in [-0.1, -0.05) is 6.07 Å². The van der Waals surface area contributed by atoms with Gasteiger partial charge in [0.1, 0.15) is 16.6 Å². The Balaban J connectivity index is 1.73. The Morgan fingerprint density at radius 2 is 2.00 bits per heavy atom. The van der Waals surface area contributed by atoms with Crippen LogP contribution in [0.25, 0.3) is 0 Å². The standard InChI is InChI=1S/C12H12BrN5O2/c13-10-11(16-5-17-12(10)18-14)15-4-7-1-2-8-9(3-7)20-6-19-8/h1-3,5H,4,6,14H2,(H2,15,16,17,18). The fourth-order valence-corrected chi connectivity index (χ4v) is 2.29. The van der Waals surface area contributed by atoms with Crippen LogP contribution in [0.15, 0.2) is 29.0 Å². The molecule has 20 heavy (non-hydrogen) atoms. The summed E-state index contributed by atoms with van der Waals surface area (Å²) in [6.45, 7) is 0.867. The Hall–Kier alpha value is -2.06. The molecule has 3 rings (SSSR count). The van der Waals surface area contributed by atoms with Crippen molar-refractivity contribution >= 4 is 27.6 Å². The van der Waals surface area contributed by atoms with Crippen molar-refractivity contribution in [2.45, 2.75) is 6.54 Å². The van der Waals surface area contributed by atoms with Crippen LogP contribution in [0.1, 0.15) is 5.56 Å². The maximum Gasteiger partial charge on any atom is 0.231 e. The number of hydrogen-bond donors (Lipinski definition) is 3. The Bertz CT molecular complexity index is 637. The molecule has 2 aromatic rings. The lowest BCUT2D eigenvalue weighted by atomic mass is 10.2. The lowest BCUT2D eigenvalue weighted by molar-refractivity contribution is 0.174. The first kappa shape index (κ1) is 12.9. The van der Waals surface area contributed by atoms with Gasteiger partial charge in [0.25, 0.3) is 0 Å². The fraction of sp³-hybridized carbons (Fsp3) is 0.167. The normalized spacial score (nSPS) is 12.3. The van der Waals surface area contributed by atoms with Gasteiger partial charge in [-0.25, -0.2) is 15.8 Å². The number of nitrogens with two attached hydrogens (primary N) is 1. The zero-order chi connectivity index (χ0) is 13.9. The molecule has 4 N–H and O–H groups in total. The largest absolute Gasteiger partial charge is 0.454 e. The minimum absolute atomic E-state index is 0.273. The first-order valence-electron chi connectivity index (χ1n) is 5.87. The van der Waals surface area contributed by atoms with Crippen molar-refractivity contribution in [2.75, 3.05) is 17.5 Å². The zero-order valence-electron chi connectivity index (χ0n) is 10.4. The number of fused-ring (bicyclic) bond motifs is 1. The molecule has 2 heterocycles. The average Bonchev–Trinajstić information content (AvgIpc) is 2.93. The SMILES string of the molecule is NNc1ncnc(NCc2ccc3c(c2)OCO3)c1Br. The van der Waals surface area contributed by atoms with E-state index in [1.54, 1.807) is 0 Å². The summed E-state index contributed by atoms with van der Waals surface area (Å²) in [6.07, 6.45) is 1.43. The third kappa shape index (κ3) is 2.47. The molecule has 1 aromatic heterocycles. The second-order valence-electron chi connectivity index (χ2n) is 4.07. The quantitative estimate of drug-likeness (QED) is 0.579. The van der Waals surface area contributed by atoms with E-state index in [0.29, 0.717) is 22.7 Å². The van der Waals surface area contributed by atoms with Crippen molar-refractivity contribution in [3.63, 3.8) is 0 Å². The first-order chi connectivity index (χ1) is 9.78. The summed E-state index contributed by atoms with van der Waals surface area (Å²) in [6, 6.07) is 5.80. The van der Waals surface area contributed by atoms with Gasteiger partial charge in [-0.3, -0.25) is 0 Å². The lowest BCUT2D eigenvalue weighted by Crippen LogP contribution is -2.11. The predicted molar refractivity (Wildman–Crippen MR) is 77.4 cm³/mol. The Morgan fingerprint density at radius 1 is 1.20 bits per heavy atom. The van der Waals surface area contributed by atoms with Crippen molar-refractivity contribution < 1.29 is 9.47 Å². The summed E-state index contributed by atoms with van der Waals surface area (Å²) in [5.41, 5.74) is 3.55. The number of hydrogen-bond acceptors (Lipinski definition) is 7. The van der Waals surface area contributed by atoms with E-state index in [0.717, 1.165) is 17.1 Å². The van der Waals surface area contributed by atoms with Gasteiger partial charge in [-0.15, -0.1) is 0 Å². The van der Waals surface area contributed by atoms with Gasteiger partial charge in [0, 0.05) is 6.54 Å². The van der Waals surface area contributed by atoms with Crippen LogP contribution < -0.4 is 26.1 Å². The maximum absolute atomic E-state index is 5.36. The molecule has 0 unspecified atom stereocenters. The molecule has 0 bridgehead atoms. The van der Waals surface area contributed by atoms with Gasteiger partial charge in [-0.2, -0.15) is 0 Å². The van der Waals surface area contributed by atoms with Crippen molar-refractivity contribution in [3.05, 3.63) is 34.6 Å². The number of halogens is 1. The number of nitrogens with zero attached hydrogens (tertiary/aromatic N) is 2. The molecule has 0 aliphatic carbocycles. The van der Waals surface area contributed by atoms with Gasteiger partial charge >= 0.3 is 0 Å². The molecular formula is C12H12BrN5O2. The summed E-state index contributed by atoms with van der Waals surface area (Å²) >= 11 is 3.39. The molecule has 1 aliphatic rings. The van der Waals surface area contributed by atoms with Gasteiger partial charge in [-0.05, 0) is 33.6 Å². The molecule has 1 aromatic carbocycles. The van der Waals surface area contributed by atoms with Crippen LogP contribution in [0.5, 0.6) is 11.5 Å². The number of benzene rings is 1. The summed E-state index contributed by atoms with van der Waals surface area (Å²) < 4.78 is 11.3. The summed E-state index contributed by atoms with van der Waals surface area (Å²) in [5, 5.41) is 3.21. The van der Waals surface area contributed by atoms with Gasteiger partial charge in [0.2, 0.25) is 6.79 Å². The van der Waals surface area contributed by atoms with Gasteiger partial charge < -0.3 is 20.2 Å². The summed E-state index contributed by atoms with van der Waals surface area (Å²) in [7, 11) is 0. The second kappa shape index (κ2) is 5.51. The number of ether oxygens (including phenoxy) is 2. The highest BCUT2D eigenvalue weighted by Crippen LogP contribution is 2.33. The molecule has 104 valence electrons. The molecule has 7 nitrogen and oxygen atoms in total. The number of rotatable bonds is 4. The number of aromatic nitrogens is 2. The van der Waals surface area contributed by atoms with Crippen LogP contribution in [0.4, 0.5) is 11.6 Å². The third-order valence-electron chi connectivity index (χ3n) is 2.82. The van der Waals surface area contributed by atoms with Crippen LogP contribution in [0.3, 0.4) is 0 Å². The maximum atomic E-state index is 5.36. The molecule has 0 saturated carbocycles. The fourth-order valence-electron chi connectivity index (χ4n) is 1.83. The van der Waals surface area contributed by atoms with E-state index in [1.165, 1.54) is 6.33 Å². The van der Waals surface area contributed by atoms with Crippen molar-refractivity contribution in [1.29, 1.82) is 0 Å². The van der Waals surface area contributed by atoms with E-state index in [2.05, 4.69) is 36.6 Å². The molecular weight excluding hydrogens is 326 g/mol. The highest BCUT2D eigenvalue weighted by Gasteiger charge is 2.13. The monoisotopic (exact) mass is 337 g/mol. The Kier molecular flexibility index (Phi) is 3.57. The molecule has 0 atom stereocenters. The minimum Gasteiger partial charge on any atom is -0.454 e. The van der Waals surface area contributed by atoms with E-state index in [1.807, 2.05) is 18.2 Å². The minimum atomic E-state index is 0.273. The molecule has 8 heteroatoms. The summed E-state index contributed by atoms with van der Waals surface area (Å²) in [5.74, 6) is 8.07. The smallest absolute Gasteiger partial charge is 0.231 e. The predicted octanol–water partition coefficient (Wildman–Crippen LogP) is 1.87. The van der Waals surface area contributed by atoms with Crippen molar-refractivity contribution in [3.8, 4) is 11.5 Å². The highest BCUT2D eigenvalue weighted by atomic mass is 79.9. The molecule has 0 saturated heterocycles. The number of nitrogens with one attached hydrogen (secondary N) is 2. The molecule has 1 aliphatic heterocycles. The topological polar surface area (TPSA) is 94.3 Å². The van der Waals surface area contributed by atoms with E-state index < -0.39 is 0 Å². The zero-order valence-corrected chi connectivity index (χ0v) is 12.0. The Morgan fingerprint density at radius 3 is 2.85 bits per heavy atom. The second-order valence-corrected chi connectivity index (χ2v) is 4.86. The molecule has 0 spiro atoms. The number of hydrazine groups is 1. The highest BCUT2D eigenvalue weighted by molar-refractivity contribution is 9.10. The Labute approximate surface area is 123 Å². The van der Waals surface area contributed by atoms with Gasteiger partial charge in [0.15, 0.2) is 17.3 Å². The third-order valence-corrected chi connectivity index (χ3v) is 3.57. The molecule has 0 fully saturated rings. The van der Waals surface area contributed by atoms with Crippen molar-refractivity contribution in [1.82, 2.24) is 9.97 Å². The molecule has 0 radical (unpaired) electrons. The lowest BCUT2D eigenvalue weighted by Gasteiger charge is -2.10. The first-order valence-corrected chi connectivity index (χ1v) is 6.67. The van der Waals surface area contributed by atoms with E-state index in [4.69, 9.17) is 15.3 Å². The van der Waals surface area contributed by atoms with E-state index in [-0.39, 0.29) is 6.79 Å². The van der Waals surface area contributed by atoms with E-state index >= 15 is 0 Å². The van der Waals surface area contributed by atoms with Crippen LogP contribution >= 0.6 is 15.9 Å². The van der Waals surface area contributed by atoms with Crippen LogP contribution in [-0.4, -0.2) is 16.8 Å². The number of nitrogen functional groups attached to an aromatic ring is 1. The molecule has 0 amide bonds. The van der Waals surface area contributed by atoms with Crippen LogP contribution in [-0.2, 0) is 6.54 Å². The van der Waals surface area contributed by atoms with Crippen LogP contribution in [0, 0.1) is 0 Å². The average molecular weight is 338 g/mol. The van der Waals surface area contributed by atoms with Crippen LogP contribution in [0.2, 0.25) is 0 Å². The van der Waals surface area contributed by atoms with Crippen molar-refractivity contribution in [2.24, 2.45) is 5.84 Å². The van der Waals surface area contributed by atoms with Gasteiger partial charge in [0.05, 0.1) is 0 Å². The van der Waals surface area contributed by atoms with E-state index in [9.17, 15) is 0 Å². The number of anilines is 2. The summed E-state index contributed by atoms with van der Waals surface area (Å²) in [4.78, 5) is 8.14.